The minimum absolute atomic E-state index is 0.0358. The van der Waals surface area contributed by atoms with E-state index in [-0.39, 0.29) is 11.6 Å². The Morgan fingerprint density at radius 3 is 2.56 bits per heavy atom. The van der Waals surface area contributed by atoms with Crippen molar-refractivity contribution in [2.45, 2.75) is 32.7 Å². The number of allylic oxidation sites excluding steroid dienone is 1. The largest absolute Gasteiger partial charge is 0.496 e. The summed E-state index contributed by atoms with van der Waals surface area (Å²) in [4.78, 5) is 20.1. The molecule has 0 spiro atoms. The molecule has 0 amide bonds. The predicted octanol–water partition coefficient (Wildman–Crippen LogP) is 6.39. The Hall–Kier alpha value is -4.13. The molecule has 3 aromatic carbocycles. The Balaban J connectivity index is 1.45. The topological polar surface area (TPSA) is 48.5 Å². The molecule has 204 valence electrons. The first-order valence-corrected chi connectivity index (χ1v) is 14.8. The fourth-order valence-corrected chi connectivity index (χ4v) is 7.37. The minimum atomic E-state index is -0.283. The quantitative estimate of drug-likeness (QED) is 0.249. The molecule has 0 radical (unpaired) electrons. The number of aromatic nitrogens is 2. The molecule has 7 heteroatoms. The highest BCUT2D eigenvalue weighted by atomic mass is 35.5. The molecule has 0 fully saturated rings. The number of benzene rings is 3. The van der Waals surface area contributed by atoms with Gasteiger partial charge in [-0.1, -0.05) is 65.4 Å². The van der Waals surface area contributed by atoms with E-state index in [4.69, 9.17) is 21.3 Å². The fraction of sp³-hybridized carbons (Fsp3) is 0.176. The number of hydrogen-bond acceptors (Lipinski definition) is 4. The van der Waals surface area contributed by atoms with Crippen molar-refractivity contribution in [2.24, 2.45) is 4.99 Å². The van der Waals surface area contributed by atoms with E-state index in [1.165, 1.54) is 16.9 Å². The maximum absolute atomic E-state index is 14.2. The Kier molecular flexibility index (Phi) is 6.33. The van der Waals surface area contributed by atoms with E-state index in [2.05, 4.69) is 54.8 Å². The van der Waals surface area contributed by atoms with Gasteiger partial charge in [0, 0.05) is 33.2 Å². The highest BCUT2D eigenvalue weighted by Gasteiger charge is 2.34. The van der Waals surface area contributed by atoms with Crippen molar-refractivity contribution < 1.29 is 4.74 Å². The van der Waals surface area contributed by atoms with Gasteiger partial charge in [-0.15, -0.1) is 0 Å². The van der Waals surface area contributed by atoms with E-state index >= 15 is 0 Å². The molecule has 2 aliphatic rings. The molecule has 41 heavy (non-hydrogen) atoms. The van der Waals surface area contributed by atoms with Gasteiger partial charge in [-0.3, -0.25) is 9.36 Å². The van der Waals surface area contributed by atoms with E-state index in [9.17, 15) is 4.79 Å². The first-order chi connectivity index (χ1) is 19.9. The zero-order valence-corrected chi connectivity index (χ0v) is 24.6. The summed E-state index contributed by atoms with van der Waals surface area (Å²) in [5, 5.41) is 0.701. The van der Waals surface area contributed by atoms with E-state index in [0.29, 0.717) is 14.4 Å². The number of halogens is 1. The smallest absolute Gasteiger partial charge is 0.271 e. The fourth-order valence-electron chi connectivity index (χ4n) is 6.25. The van der Waals surface area contributed by atoms with Crippen molar-refractivity contribution in [3.63, 3.8) is 0 Å². The summed E-state index contributed by atoms with van der Waals surface area (Å²) < 4.78 is 10.5. The van der Waals surface area contributed by atoms with Crippen molar-refractivity contribution >= 4 is 34.7 Å². The second-order valence-electron chi connectivity index (χ2n) is 10.5. The van der Waals surface area contributed by atoms with Gasteiger partial charge in [-0.05, 0) is 85.9 Å². The van der Waals surface area contributed by atoms with Crippen LogP contribution in [0, 0.1) is 13.8 Å². The molecule has 5 nitrogen and oxygen atoms in total. The van der Waals surface area contributed by atoms with Gasteiger partial charge in [-0.25, -0.2) is 4.99 Å². The van der Waals surface area contributed by atoms with Crippen molar-refractivity contribution in [1.29, 1.82) is 0 Å². The summed E-state index contributed by atoms with van der Waals surface area (Å²) in [5.41, 5.74) is 9.72. The van der Waals surface area contributed by atoms with Crippen LogP contribution >= 0.6 is 22.9 Å². The Morgan fingerprint density at radius 1 is 1.00 bits per heavy atom. The average Bonchev–Trinajstić information content (AvgIpc) is 3.45. The Labute approximate surface area is 247 Å². The molecule has 0 unspecified atom stereocenters. The lowest BCUT2D eigenvalue weighted by Crippen LogP contribution is -2.39. The van der Waals surface area contributed by atoms with Crippen LogP contribution in [0.5, 0.6) is 5.75 Å². The van der Waals surface area contributed by atoms with Gasteiger partial charge in [0.05, 0.1) is 23.4 Å². The third-order valence-corrected chi connectivity index (χ3v) is 9.38. The highest BCUT2D eigenvalue weighted by molar-refractivity contribution is 7.07. The van der Waals surface area contributed by atoms with Crippen LogP contribution in [-0.4, -0.2) is 16.2 Å². The highest BCUT2D eigenvalue weighted by Crippen LogP contribution is 2.43. The van der Waals surface area contributed by atoms with Gasteiger partial charge in [0.15, 0.2) is 4.80 Å². The Bertz CT molecular complexity index is 2050. The molecule has 7 rings (SSSR count). The van der Waals surface area contributed by atoms with Gasteiger partial charge in [0.2, 0.25) is 0 Å². The second kappa shape index (κ2) is 10.1. The number of nitrogens with zero attached hydrogens (tertiary/aromatic N) is 3. The average molecular weight is 578 g/mol. The summed E-state index contributed by atoms with van der Waals surface area (Å²) in [5.74, 6) is 0.770. The number of methoxy groups -OCH3 is 1. The summed E-state index contributed by atoms with van der Waals surface area (Å²) in [6.45, 7) is 4.16. The van der Waals surface area contributed by atoms with Crippen molar-refractivity contribution in [3.05, 3.63) is 143 Å². The molecule has 0 saturated heterocycles. The monoisotopic (exact) mass is 577 g/mol. The summed E-state index contributed by atoms with van der Waals surface area (Å²) in [7, 11) is 1.68. The maximum atomic E-state index is 14.2. The molecule has 3 heterocycles. The molecule has 0 saturated carbocycles. The number of aryl methyl sites for hydroxylation is 2. The van der Waals surface area contributed by atoms with Gasteiger partial charge >= 0.3 is 0 Å². The molecular weight excluding hydrogens is 550 g/mol. The molecule has 5 aromatic rings. The zero-order chi connectivity index (χ0) is 28.2. The maximum Gasteiger partial charge on any atom is 0.271 e. The van der Waals surface area contributed by atoms with Crippen LogP contribution in [0.3, 0.4) is 0 Å². The van der Waals surface area contributed by atoms with Gasteiger partial charge in [-0.2, -0.15) is 0 Å². The third-order valence-electron chi connectivity index (χ3n) is 8.15. The van der Waals surface area contributed by atoms with Crippen LogP contribution in [0.25, 0.3) is 17.5 Å². The number of para-hydroxylation sites is 1. The molecular formula is C34H28ClN3O2S. The lowest BCUT2D eigenvalue weighted by molar-refractivity contribution is 0.402. The molecule has 1 atom stereocenters. The number of fused-ring (bicyclic) bond motifs is 3. The van der Waals surface area contributed by atoms with Gasteiger partial charge in [0.25, 0.3) is 5.56 Å². The van der Waals surface area contributed by atoms with E-state index in [0.717, 1.165) is 63.6 Å². The van der Waals surface area contributed by atoms with Gasteiger partial charge in [0.1, 0.15) is 5.75 Å². The second-order valence-corrected chi connectivity index (χ2v) is 11.9. The van der Waals surface area contributed by atoms with Crippen LogP contribution in [0.15, 0.2) is 94.2 Å². The van der Waals surface area contributed by atoms with Crippen LogP contribution < -0.4 is 19.6 Å². The van der Waals surface area contributed by atoms with Gasteiger partial charge < -0.3 is 9.30 Å². The molecule has 0 bridgehead atoms. The van der Waals surface area contributed by atoms with E-state index in [1.807, 2.05) is 53.1 Å². The lowest BCUT2D eigenvalue weighted by Gasteiger charge is -2.31. The first-order valence-electron chi connectivity index (χ1n) is 13.7. The first kappa shape index (κ1) is 25.8. The normalized spacial score (nSPS) is 16.2. The van der Waals surface area contributed by atoms with Crippen LogP contribution in [0.2, 0.25) is 5.02 Å². The number of ether oxygens (including phenoxy) is 1. The summed E-state index contributed by atoms with van der Waals surface area (Å²) >= 11 is 7.58. The number of rotatable bonds is 4. The number of hydrogen-bond donors (Lipinski definition) is 0. The molecule has 1 aliphatic carbocycles. The predicted molar refractivity (Wildman–Crippen MR) is 166 cm³/mol. The molecule has 0 N–H and O–H groups in total. The van der Waals surface area contributed by atoms with Crippen molar-refractivity contribution in [3.8, 4) is 11.4 Å². The van der Waals surface area contributed by atoms with Crippen LogP contribution in [0.1, 0.15) is 46.1 Å². The molecule has 1 aliphatic heterocycles. The summed E-state index contributed by atoms with van der Waals surface area (Å²) in [6.07, 6.45) is 3.76. The van der Waals surface area contributed by atoms with Crippen LogP contribution in [0.4, 0.5) is 0 Å². The minimum Gasteiger partial charge on any atom is -0.496 e. The SMILES string of the molecule is COc1ccccc1[C@@H]1C2=C(N=c3s/c(=C/c4cc(C)n(-c5ccc(Cl)cc5)c4C)c(=O)n31)c1ccccc1CC2. The Morgan fingerprint density at radius 2 is 1.76 bits per heavy atom. The molecule has 2 aromatic heterocycles. The standard InChI is InChI=1S/C34H28ClN3O2S/c1-20-18-23(21(2)37(20)25-15-13-24(35)14-16-25)19-30-33(39)38-32(27-10-6-7-11-29(27)40-3)28-17-12-22-8-4-5-9-26(22)31(28)36-34(38)41-30/h4-11,13-16,18-19,32H,12,17H2,1-3H3/b30-19+/t32-/m1/s1. The summed E-state index contributed by atoms with van der Waals surface area (Å²) in [6, 6.07) is 26.1. The van der Waals surface area contributed by atoms with E-state index < -0.39 is 0 Å². The van der Waals surface area contributed by atoms with Crippen molar-refractivity contribution in [2.75, 3.05) is 7.11 Å². The lowest BCUT2D eigenvalue weighted by atomic mass is 9.83. The van der Waals surface area contributed by atoms with Crippen LogP contribution in [-0.2, 0) is 6.42 Å². The number of thiazole rings is 1. The third kappa shape index (κ3) is 4.21. The zero-order valence-electron chi connectivity index (χ0n) is 23.0. The van der Waals surface area contributed by atoms with E-state index in [1.54, 1.807) is 7.11 Å². The van der Waals surface area contributed by atoms with Crippen molar-refractivity contribution in [1.82, 2.24) is 9.13 Å².